The van der Waals surface area contributed by atoms with Crippen LogP contribution in [0.3, 0.4) is 0 Å². The number of carbonyl (C=O) groups excluding carboxylic acids is 1. The van der Waals surface area contributed by atoms with E-state index >= 15 is 0 Å². The summed E-state index contributed by atoms with van der Waals surface area (Å²) in [6.07, 6.45) is 2.09. The number of carbonyl (C=O) groups is 2. The number of carboxylic acid groups (broad SMARTS) is 1. The number of nitrogens with zero attached hydrogens (tertiary/aromatic N) is 3. The fourth-order valence-corrected chi connectivity index (χ4v) is 3.80. The highest BCUT2D eigenvalue weighted by molar-refractivity contribution is 5.92. The number of fused-ring (bicyclic) bond motifs is 1. The first kappa shape index (κ1) is 21.1. The van der Waals surface area contributed by atoms with E-state index in [1.807, 2.05) is 6.07 Å². The van der Waals surface area contributed by atoms with E-state index in [2.05, 4.69) is 15.2 Å². The van der Waals surface area contributed by atoms with Gasteiger partial charge in [-0.25, -0.2) is 4.79 Å². The number of aromatic nitrogens is 1. The Morgan fingerprint density at radius 3 is 2.74 bits per heavy atom. The summed E-state index contributed by atoms with van der Waals surface area (Å²) < 4.78 is 11.2. The Morgan fingerprint density at radius 1 is 1.13 bits per heavy atom. The van der Waals surface area contributed by atoms with Gasteiger partial charge >= 0.3 is 6.09 Å². The van der Waals surface area contributed by atoms with Gasteiger partial charge in [0.05, 0.1) is 18.9 Å². The van der Waals surface area contributed by atoms with Gasteiger partial charge in [0, 0.05) is 38.4 Å². The minimum Gasteiger partial charge on any atom is -0.465 e. The Balaban J connectivity index is 1.31. The first-order valence-electron chi connectivity index (χ1n) is 10.5. The quantitative estimate of drug-likeness (QED) is 0.655. The molecule has 0 spiro atoms. The Labute approximate surface area is 180 Å². The second-order valence-corrected chi connectivity index (χ2v) is 7.52. The number of morpholine rings is 1. The molecule has 1 saturated heterocycles. The summed E-state index contributed by atoms with van der Waals surface area (Å²) in [5, 5.41) is 12.1. The van der Waals surface area contributed by atoms with Crippen LogP contribution >= 0.6 is 0 Å². The SMILES string of the molecule is O=C(NCCCN1CCOCC1)c1cc(Oc2ccc3c(c2)CCN3C(=O)O)ccn1. The van der Waals surface area contributed by atoms with Crippen molar-refractivity contribution < 1.29 is 24.2 Å². The molecule has 2 amide bonds. The Hall–Kier alpha value is -3.17. The third-order valence-corrected chi connectivity index (χ3v) is 5.42. The van der Waals surface area contributed by atoms with Crippen LogP contribution < -0.4 is 15.0 Å². The fourth-order valence-electron chi connectivity index (χ4n) is 3.80. The Kier molecular flexibility index (Phi) is 6.63. The van der Waals surface area contributed by atoms with Crippen molar-refractivity contribution >= 4 is 17.7 Å². The predicted octanol–water partition coefficient (Wildman–Crippen LogP) is 2.37. The second kappa shape index (κ2) is 9.76. The number of hydrogen-bond donors (Lipinski definition) is 2. The first-order valence-corrected chi connectivity index (χ1v) is 10.5. The van der Waals surface area contributed by atoms with Crippen molar-refractivity contribution in [1.82, 2.24) is 15.2 Å². The van der Waals surface area contributed by atoms with Crippen LogP contribution in [0.2, 0.25) is 0 Å². The average Bonchev–Trinajstić information content (AvgIpc) is 3.21. The van der Waals surface area contributed by atoms with E-state index in [0.717, 1.165) is 44.8 Å². The number of rotatable bonds is 7. The number of pyridine rings is 1. The molecule has 0 unspecified atom stereocenters. The van der Waals surface area contributed by atoms with Crippen LogP contribution in [0.15, 0.2) is 36.5 Å². The molecule has 1 aromatic carbocycles. The van der Waals surface area contributed by atoms with Crippen molar-refractivity contribution in [3.8, 4) is 11.5 Å². The van der Waals surface area contributed by atoms with Crippen molar-refractivity contribution in [3.63, 3.8) is 0 Å². The number of hydrogen-bond acceptors (Lipinski definition) is 6. The van der Waals surface area contributed by atoms with Gasteiger partial charge in [-0.2, -0.15) is 0 Å². The van der Waals surface area contributed by atoms with Crippen LogP contribution in [0, 0.1) is 0 Å². The van der Waals surface area contributed by atoms with E-state index in [9.17, 15) is 14.7 Å². The molecule has 3 heterocycles. The van der Waals surface area contributed by atoms with Gasteiger partial charge in [-0.3, -0.25) is 19.6 Å². The number of benzene rings is 1. The zero-order valence-electron chi connectivity index (χ0n) is 17.2. The minimum atomic E-state index is -0.956. The molecule has 9 heteroatoms. The van der Waals surface area contributed by atoms with Crippen LogP contribution in [0.4, 0.5) is 10.5 Å². The van der Waals surface area contributed by atoms with Crippen LogP contribution in [0.25, 0.3) is 0 Å². The highest BCUT2D eigenvalue weighted by Crippen LogP contribution is 2.33. The molecule has 0 bridgehead atoms. The van der Waals surface area contributed by atoms with E-state index < -0.39 is 6.09 Å². The molecule has 164 valence electrons. The highest BCUT2D eigenvalue weighted by atomic mass is 16.5. The zero-order valence-corrected chi connectivity index (χ0v) is 17.2. The van der Waals surface area contributed by atoms with E-state index in [1.54, 1.807) is 24.3 Å². The summed E-state index contributed by atoms with van der Waals surface area (Å²) in [6.45, 7) is 5.36. The number of nitrogens with one attached hydrogen (secondary N) is 1. The first-order chi connectivity index (χ1) is 15.1. The van der Waals surface area contributed by atoms with E-state index in [1.165, 1.54) is 11.1 Å². The second-order valence-electron chi connectivity index (χ2n) is 7.52. The summed E-state index contributed by atoms with van der Waals surface area (Å²) in [5.41, 5.74) is 1.90. The maximum absolute atomic E-state index is 12.4. The predicted molar refractivity (Wildman–Crippen MR) is 114 cm³/mol. The average molecular weight is 426 g/mol. The number of anilines is 1. The third-order valence-electron chi connectivity index (χ3n) is 5.42. The van der Waals surface area contributed by atoms with Gasteiger partial charge in [0.1, 0.15) is 17.2 Å². The normalized spacial score (nSPS) is 16.1. The van der Waals surface area contributed by atoms with E-state index in [-0.39, 0.29) is 5.91 Å². The lowest BCUT2D eigenvalue weighted by molar-refractivity contribution is 0.0374. The summed E-state index contributed by atoms with van der Waals surface area (Å²) in [7, 11) is 0. The third kappa shape index (κ3) is 5.31. The van der Waals surface area contributed by atoms with Crippen molar-refractivity contribution in [3.05, 3.63) is 47.8 Å². The van der Waals surface area contributed by atoms with Crippen LogP contribution in [-0.2, 0) is 11.2 Å². The molecular weight excluding hydrogens is 400 g/mol. The van der Waals surface area contributed by atoms with Crippen LogP contribution in [-0.4, -0.2) is 72.9 Å². The highest BCUT2D eigenvalue weighted by Gasteiger charge is 2.24. The summed E-state index contributed by atoms with van der Waals surface area (Å²) in [4.78, 5) is 31.5. The monoisotopic (exact) mass is 426 g/mol. The molecule has 2 aliphatic heterocycles. The van der Waals surface area contributed by atoms with Gasteiger partial charge in [0.25, 0.3) is 5.91 Å². The lowest BCUT2D eigenvalue weighted by Crippen LogP contribution is -2.38. The van der Waals surface area contributed by atoms with Crippen molar-refractivity contribution in [2.45, 2.75) is 12.8 Å². The van der Waals surface area contributed by atoms with Crippen LogP contribution in [0.5, 0.6) is 11.5 Å². The van der Waals surface area contributed by atoms with Gasteiger partial charge in [-0.05, 0) is 49.2 Å². The summed E-state index contributed by atoms with van der Waals surface area (Å²) >= 11 is 0. The van der Waals surface area contributed by atoms with Crippen molar-refractivity contribution in [2.24, 2.45) is 0 Å². The van der Waals surface area contributed by atoms with Gasteiger partial charge in [-0.15, -0.1) is 0 Å². The molecule has 4 rings (SSSR count). The molecule has 2 aromatic rings. The molecule has 9 nitrogen and oxygen atoms in total. The topological polar surface area (TPSA) is 104 Å². The maximum Gasteiger partial charge on any atom is 0.411 e. The zero-order chi connectivity index (χ0) is 21.6. The molecule has 1 aromatic heterocycles. The molecule has 0 atom stereocenters. The largest absolute Gasteiger partial charge is 0.465 e. The Morgan fingerprint density at radius 2 is 1.94 bits per heavy atom. The summed E-state index contributed by atoms with van der Waals surface area (Å²) in [5.74, 6) is 0.856. The molecular formula is C22H26N4O5. The van der Waals surface area contributed by atoms with Crippen LogP contribution in [0.1, 0.15) is 22.5 Å². The molecule has 2 N–H and O–H groups in total. The fraction of sp³-hybridized carbons (Fsp3) is 0.409. The molecule has 2 aliphatic rings. The number of ether oxygens (including phenoxy) is 2. The molecule has 31 heavy (non-hydrogen) atoms. The maximum atomic E-state index is 12.4. The van der Waals surface area contributed by atoms with Gasteiger partial charge < -0.3 is 19.9 Å². The molecule has 1 fully saturated rings. The van der Waals surface area contributed by atoms with Gasteiger partial charge in [0.2, 0.25) is 0 Å². The standard InChI is InChI=1S/C22H26N4O5/c27-21(24-6-1-8-25-10-12-30-13-11-25)19-15-18(4-7-23-19)31-17-2-3-20-16(14-17)5-9-26(20)22(28)29/h2-4,7,14-15H,1,5-6,8-13H2,(H,24,27)(H,28,29). The van der Waals surface area contributed by atoms with Gasteiger partial charge in [0.15, 0.2) is 0 Å². The lowest BCUT2D eigenvalue weighted by Gasteiger charge is -2.26. The Bertz CT molecular complexity index is 945. The smallest absolute Gasteiger partial charge is 0.411 e. The molecule has 0 radical (unpaired) electrons. The molecule has 0 saturated carbocycles. The van der Waals surface area contributed by atoms with Gasteiger partial charge in [-0.1, -0.05) is 0 Å². The number of amides is 2. The minimum absolute atomic E-state index is 0.238. The molecule has 0 aliphatic carbocycles. The van der Waals surface area contributed by atoms with E-state index in [0.29, 0.717) is 42.4 Å². The van der Waals surface area contributed by atoms with Crippen molar-refractivity contribution in [1.29, 1.82) is 0 Å². The van der Waals surface area contributed by atoms with Crippen molar-refractivity contribution in [2.75, 3.05) is 50.8 Å². The van der Waals surface area contributed by atoms with E-state index in [4.69, 9.17) is 9.47 Å². The lowest BCUT2D eigenvalue weighted by atomic mass is 10.1. The summed E-state index contributed by atoms with van der Waals surface area (Å²) in [6, 6.07) is 8.60.